The van der Waals surface area contributed by atoms with Crippen LogP contribution in [0.3, 0.4) is 0 Å². The monoisotopic (exact) mass is 979 g/mol. The van der Waals surface area contributed by atoms with E-state index >= 15 is 13.2 Å². The van der Waals surface area contributed by atoms with Gasteiger partial charge in [0.25, 0.3) is 0 Å². The number of aromatic nitrogens is 5. The van der Waals surface area contributed by atoms with Gasteiger partial charge < -0.3 is 13.6 Å². The molecule has 0 atom stereocenters. The topological polar surface area (TPSA) is 61.7 Å². The number of hydrogen-bond donors (Lipinski definition) is 0. The van der Waals surface area contributed by atoms with Gasteiger partial charge in [-0.2, -0.15) is 13.2 Å². The minimum Gasteiger partial charge on any atom is -0.455 e. The fourth-order valence-corrected chi connectivity index (χ4v) is 12.2. The van der Waals surface area contributed by atoms with Gasteiger partial charge in [-0.15, -0.1) is 11.3 Å². The molecule has 0 unspecified atom stereocenters. The van der Waals surface area contributed by atoms with Gasteiger partial charge in [-0.1, -0.05) is 146 Å². The van der Waals surface area contributed by atoms with Crippen LogP contribution in [0.2, 0.25) is 0 Å². The lowest BCUT2D eigenvalue weighted by Gasteiger charge is -2.19. The molecule has 0 saturated carbocycles. The number of alkyl halides is 3. The van der Waals surface area contributed by atoms with Gasteiger partial charge in [-0.25, -0.2) is 15.0 Å². The standard InChI is InChI=1S/C64H36F3N5OS/c65-64(66,67)50-35-49(63-69-61(37-16-4-1-5-17-37)68-62(70-63)38-18-6-2-7-19-38)60-58(44-24-11-14-26-55(44)73-60)59(50)72-52-30-28-39(40-29-31-57-48(33-40)43-23-12-15-27-56(43)74-57)32-45(52)47-34-46-42-22-10-13-25-51(42)71(53(46)36-54(47)72)41-20-8-3-9-21-41/h1-36H. The molecule has 0 aliphatic rings. The lowest BCUT2D eigenvalue weighted by molar-refractivity contribution is -0.137. The first-order valence-corrected chi connectivity index (χ1v) is 25.1. The maximum absolute atomic E-state index is 16.7. The molecule has 10 aromatic carbocycles. The molecule has 74 heavy (non-hydrogen) atoms. The Morgan fingerprint density at radius 2 is 0.932 bits per heavy atom. The Kier molecular flexibility index (Phi) is 9.19. The third-order valence-electron chi connectivity index (χ3n) is 14.4. The summed E-state index contributed by atoms with van der Waals surface area (Å²) in [5.74, 6) is 0.688. The Morgan fingerprint density at radius 1 is 0.392 bits per heavy atom. The Bertz CT molecular complexity index is 4710. The molecule has 10 heteroatoms. The average Bonchev–Trinajstić information content (AvgIpc) is 4.21. The van der Waals surface area contributed by atoms with Crippen LogP contribution >= 0.6 is 11.3 Å². The van der Waals surface area contributed by atoms with Gasteiger partial charge in [0, 0.05) is 63.9 Å². The largest absolute Gasteiger partial charge is 0.455 e. The predicted molar refractivity (Wildman–Crippen MR) is 295 cm³/mol. The van der Waals surface area contributed by atoms with Crippen molar-refractivity contribution in [3.05, 3.63) is 224 Å². The molecule has 0 amide bonds. The number of fused-ring (bicyclic) bond motifs is 12. The molecular formula is C64H36F3N5OS. The van der Waals surface area contributed by atoms with Crippen molar-refractivity contribution in [3.8, 4) is 56.7 Å². The van der Waals surface area contributed by atoms with Gasteiger partial charge >= 0.3 is 6.18 Å². The second-order valence-electron chi connectivity index (χ2n) is 18.6. The SMILES string of the molecule is FC(F)(F)c1cc(-c2nc(-c3ccccc3)nc(-c3ccccc3)n2)c2oc3ccccc3c2c1-n1c2ccc(-c3ccc4sc5ccccc5c4c3)cc2c2cc3c4ccccc4n(-c4ccccc4)c3cc21. The smallest absolute Gasteiger partial charge is 0.418 e. The van der Waals surface area contributed by atoms with Crippen molar-refractivity contribution >= 4 is 97.1 Å². The number of benzene rings is 10. The molecule has 0 aliphatic carbocycles. The van der Waals surface area contributed by atoms with E-state index in [2.05, 4.69) is 89.5 Å². The number of furan rings is 1. The molecule has 6 nitrogen and oxygen atoms in total. The zero-order valence-corrected chi connectivity index (χ0v) is 39.8. The third-order valence-corrected chi connectivity index (χ3v) is 15.5. The zero-order valence-electron chi connectivity index (χ0n) is 39.0. The molecular weight excluding hydrogens is 944 g/mol. The predicted octanol–water partition coefficient (Wildman–Crippen LogP) is 18.0. The lowest BCUT2D eigenvalue weighted by atomic mass is 9.99. The van der Waals surface area contributed by atoms with Crippen LogP contribution < -0.4 is 0 Å². The van der Waals surface area contributed by atoms with E-state index in [1.165, 1.54) is 20.9 Å². The maximum Gasteiger partial charge on any atom is 0.418 e. The summed E-state index contributed by atoms with van der Waals surface area (Å²) in [6, 6.07) is 70.9. The molecule has 0 fully saturated rings. The minimum atomic E-state index is -4.88. The summed E-state index contributed by atoms with van der Waals surface area (Å²) in [6.45, 7) is 0. The van der Waals surface area contributed by atoms with E-state index in [-0.39, 0.29) is 28.0 Å². The highest BCUT2D eigenvalue weighted by Crippen LogP contribution is 2.50. The van der Waals surface area contributed by atoms with Crippen molar-refractivity contribution in [2.45, 2.75) is 6.18 Å². The highest BCUT2D eigenvalue weighted by Gasteiger charge is 2.39. The summed E-state index contributed by atoms with van der Waals surface area (Å²) < 4.78 is 63.4. The van der Waals surface area contributed by atoms with Crippen LogP contribution in [0.25, 0.3) is 142 Å². The Labute approximate surface area is 423 Å². The van der Waals surface area contributed by atoms with Crippen LogP contribution in [0.4, 0.5) is 13.2 Å². The molecule has 0 radical (unpaired) electrons. The van der Waals surface area contributed by atoms with E-state index in [4.69, 9.17) is 19.4 Å². The molecule has 15 aromatic rings. The Morgan fingerprint density at radius 3 is 1.66 bits per heavy atom. The molecule has 0 bridgehead atoms. The van der Waals surface area contributed by atoms with Gasteiger partial charge in [0.2, 0.25) is 0 Å². The van der Waals surface area contributed by atoms with Crippen LogP contribution in [0.1, 0.15) is 5.56 Å². The van der Waals surface area contributed by atoms with Crippen LogP contribution in [-0.2, 0) is 6.18 Å². The summed E-state index contributed by atoms with van der Waals surface area (Å²) in [7, 11) is 0. The molecule has 0 N–H and O–H groups in total. The highest BCUT2D eigenvalue weighted by atomic mass is 32.1. The van der Waals surface area contributed by atoms with Crippen molar-refractivity contribution in [1.29, 1.82) is 0 Å². The van der Waals surface area contributed by atoms with Crippen molar-refractivity contribution in [3.63, 3.8) is 0 Å². The fraction of sp³-hybridized carbons (Fsp3) is 0.0156. The number of para-hydroxylation sites is 3. The van der Waals surface area contributed by atoms with Crippen molar-refractivity contribution in [2.24, 2.45) is 0 Å². The number of halogens is 3. The van der Waals surface area contributed by atoms with Gasteiger partial charge in [-0.3, -0.25) is 0 Å². The van der Waals surface area contributed by atoms with Gasteiger partial charge in [-0.05, 0) is 83.9 Å². The van der Waals surface area contributed by atoms with Gasteiger partial charge in [0.15, 0.2) is 17.5 Å². The second-order valence-corrected chi connectivity index (χ2v) is 19.7. The minimum absolute atomic E-state index is 0.0510. The lowest BCUT2D eigenvalue weighted by Crippen LogP contribution is -2.12. The first-order valence-electron chi connectivity index (χ1n) is 24.2. The molecule has 15 rings (SSSR count). The molecule has 0 aliphatic heterocycles. The fourth-order valence-electron chi connectivity index (χ4n) is 11.1. The maximum atomic E-state index is 16.7. The van der Waals surface area contributed by atoms with Crippen LogP contribution in [-0.4, -0.2) is 24.1 Å². The van der Waals surface area contributed by atoms with E-state index < -0.39 is 11.7 Å². The zero-order chi connectivity index (χ0) is 49.2. The number of rotatable bonds is 6. The third kappa shape index (κ3) is 6.48. The molecule has 0 spiro atoms. The quantitative estimate of drug-likeness (QED) is 0.167. The van der Waals surface area contributed by atoms with E-state index in [1.807, 2.05) is 126 Å². The van der Waals surface area contributed by atoms with E-state index in [1.54, 1.807) is 17.4 Å². The van der Waals surface area contributed by atoms with E-state index in [9.17, 15) is 0 Å². The summed E-state index contributed by atoms with van der Waals surface area (Å²) in [4.78, 5) is 14.7. The van der Waals surface area contributed by atoms with E-state index in [0.29, 0.717) is 44.8 Å². The van der Waals surface area contributed by atoms with Crippen LogP contribution in [0, 0.1) is 0 Å². The highest BCUT2D eigenvalue weighted by molar-refractivity contribution is 7.25. The summed E-state index contributed by atoms with van der Waals surface area (Å²) in [5, 5.41) is 6.79. The average molecular weight is 980 g/mol. The summed E-state index contributed by atoms with van der Waals surface area (Å²) >= 11 is 1.76. The van der Waals surface area contributed by atoms with Crippen LogP contribution in [0.15, 0.2) is 223 Å². The summed E-state index contributed by atoms with van der Waals surface area (Å²) in [6.07, 6.45) is -4.88. The van der Waals surface area contributed by atoms with Crippen molar-refractivity contribution in [2.75, 3.05) is 0 Å². The Balaban J connectivity index is 1.08. The van der Waals surface area contributed by atoms with Crippen molar-refractivity contribution < 1.29 is 17.6 Å². The molecule has 0 saturated heterocycles. The number of hydrogen-bond acceptors (Lipinski definition) is 5. The van der Waals surface area contributed by atoms with E-state index in [0.717, 1.165) is 54.8 Å². The second kappa shape index (κ2) is 16.1. The molecule has 5 aromatic heterocycles. The first-order chi connectivity index (χ1) is 36.3. The van der Waals surface area contributed by atoms with Gasteiger partial charge in [0.05, 0.1) is 44.3 Å². The summed E-state index contributed by atoms with van der Waals surface area (Å²) in [5.41, 5.74) is 7.15. The molecule has 5 heterocycles. The Hall–Kier alpha value is -9.38. The van der Waals surface area contributed by atoms with Crippen LogP contribution in [0.5, 0.6) is 0 Å². The van der Waals surface area contributed by atoms with Crippen molar-refractivity contribution in [1.82, 2.24) is 24.1 Å². The normalized spacial score (nSPS) is 12.3. The van der Waals surface area contributed by atoms with Gasteiger partial charge in [0.1, 0.15) is 11.2 Å². The number of thiophene rings is 1. The number of nitrogens with zero attached hydrogens (tertiary/aromatic N) is 5. The molecule has 350 valence electrons. The first kappa shape index (κ1) is 42.3.